The predicted octanol–water partition coefficient (Wildman–Crippen LogP) is 0.0462. The van der Waals surface area contributed by atoms with Crippen molar-refractivity contribution < 1.29 is 43.0 Å². The van der Waals surface area contributed by atoms with Crippen molar-refractivity contribution in [3.8, 4) is 0 Å². The molecule has 29 heavy (non-hydrogen) atoms. The van der Waals surface area contributed by atoms with Gasteiger partial charge in [0.25, 0.3) is 10.2 Å². The summed E-state index contributed by atoms with van der Waals surface area (Å²) >= 11 is 0. The van der Waals surface area contributed by atoms with Gasteiger partial charge in [-0.25, -0.2) is 4.79 Å². The molecule has 0 spiro atoms. The van der Waals surface area contributed by atoms with E-state index in [-0.39, 0.29) is 43.8 Å². The zero-order valence-corrected chi connectivity index (χ0v) is 15.3. The molecular weight excluding hydrogens is 402 g/mol. The molecular formula is C14H19N3O12. The molecule has 15 heteroatoms. The van der Waals surface area contributed by atoms with Crippen LogP contribution in [0.15, 0.2) is 13.6 Å². The van der Waals surface area contributed by atoms with E-state index in [0.29, 0.717) is 0 Å². The Labute approximate surface area is 162 Å². The Morgan fingerprint density at radius 2 is 1.90 bits per heavy atom. The van der Waals surface area contributed by atoms with Crippen molar-refractivity contribution in [2.24, 2.45) is 0 Å². The van der Waals surface area contributed by atoms with Gasteiger partial charge in [-0.15, -0.1) is 20.2 Å². The maximum Gasteiger partial charge on any atom is 0.519 e. The molecule has 1 heterocycles. The number of carbonyl (C=O) groups excluding carboxylic acids is 2. The molecule has 0 aliphatic rings. The molecule has 0 saturated carbocycles. The largest absolute Gasteiger partial charge is 0.519 e. The van der Waals surface area contributed by atoms with E-state index in [4.69, 9.17) is 4.74 Å². The van der Waals surface area contributed by atoms with Crippen molar-refractivity contribution >= 4 is 11.9 Å². The van der Waals surface area contributed by atoms with Crippen LogP contribution < -0.4 is 11.1 Å². The van der Waals surface area contributed by atoms with Crippen molar-refractivity contribution in [3.05, 3.63) is 42.4 Å². The number of hydrogen-bond donors (Lipinski definition) is 1. The SMILES string of the molecule is Cc1oc(=O)oc1COC(=O)CNC(=O)CCCCC(CO[N+](=O)[O-])O[N+](=O)[O-]. The van der Waals surface area contributed by atoms with Gasteiger partial charge < -0.3 is 28.6 Å². The molecule has 162 valence electrons. The number of amides is 1. The van der Waals surface area contributed by atoms with Gasteiger partial charge in [-0.05, 0) is 19.8 Å². The molecule has 1 aromatic rings. The third-order valence-electron chi connectivity index (χ3n) is 3.41. The number of nitrogens with zero attached hydrogens (tertiary/aromatic N) is 2. The minimum absolute atomic E-state index is 0.00424. The van der Waals surface area contributed by atoms with Gasteiger partial charge in [-0.2, -0.15) is 0 Å². The normalized spacial score (nSPS) is 11.3. The van der Waals surface area contributed by atoms with Crippen LogP contribution in [0.2, 0.25) is 0 Å². The summed E-state index contributed by atoms with van der Waals surface area (Å²) in [6.45, 7) is 0.114. The van der Waals surface area contributed by atoms with Gasteiger partial charge in [-0.1, -0.05) is 6.42 Å². The lowest BCUT2D eigenvalue weighted by atomic mass is 10.1. The van der Waals surface area contributed by atoms with E-state index in [1.54, 1.807) is 0 Å². The molecule has 1 unspecified atom stereocenters. The highest BCUT2D eigenvalue weighted by Crippen LogP contribution is 2.09. The van der Waals surface area contributed by atoms with Crippen LogP contribution in [-0.4, -0.2) is 41.3 Å². The van der Waals surface area contributed by atoms with Gasteiger partial charge in [0.15, 0.2) is 18.1 Å². The summed E-state index contributed by atoms with van der Waals surface area (Å²) in [5.41, 5.74) is 0. The molecule has 1 amide bonds. The van der Waals surface area contributed by atoms with E-state index >= 15 is 0 Å². The summed E-state index contributed by atoms with van der Waals surface area (Å²) in [5.74, 6) is -1.92. The Hall–Kier alpha value is -3.65. The molecule has 0 aromatic carbocycles. The molecule has 0 aliphatic carbocycles. The van der Waals surface area contributed by atoms with Crippen LogP contribution in [-0.2, 0) is 30.6 Å². The van der Waals surface area contributed by atoms with E-state index < -0.39 is 47.1 Å². The van der Waals surface area contributed by atoms with E-state index in [0.717, 1.165) is 0 Å². The first-order valence-electron chi connectivity index (χ1n) is 8.27. The number of esters is 1. The predicted molar refractivity (Wildman–Crippen MR) is 88.1 cm³/mol. The highest BCUT2D eigenvalue weighted by Gasteiger charge is 2.16. The zero-order valence-electron chi connectivity index (χ0n) is 15.3. The Balaban J connectivity index is 2.20. The Kier molecular flexibility index (Phi) is 9.63. The summed E-state index contributed by atoms with van der Waals surface area (Å²) in [6, 6.07) is 0. The summed E-state index contributed by atoms with van der Waals surface area (Å²) < 4.78 is 14.1. The maximum atomic E-state index is 11.7. The lowest BCUT2D eigenvalue weighted by Gasteiger charge is -2.13. The van der Waals surface area contributed by atoms with Gasteiger partial charge in [0.2, 0.25) is 5.91 Å². The summed E-state index contributed by atoms with van der Waals surface area (Å²) in [6.07, 6.45) is -0.504. The Morgan fingerprint density at radius 3 is 2.48 bits per heavy atom. The second kappa shape index (κ2) is 11.9. The highest BCUT2D eigenvalue weighted by molar-refractivity contribution is 5.81. The molecule has 1 rings (SSSR count). The van der Waals surface area contributed by atoms with Crippen LogP contribution >= 0.6 is 0 Å². The smallest absolute Gasteiger partial charge is 0.456 e. The molecule has 0 aliphatic heterocycles. The van der Waals surface area contributed by atoms with Crippen LogP contribution in [0.1, 0.15) is 37.2 Å². The molecule has 1 atom stereocenters. The third-order valence-corrected chi connectivity index (χ3v) is 3.41. The fourth-order valence-corrected chi connectivity index (χ4v) is 2.05. The van der Waals surface area contributed by atoms with Crippen molar-refractivity contribution in [1.29, 1.82) is 0 Å². The molecule has 1 aromatic heterocycles. The van der Waals surface area contributed by atoms with E-state index in [1.165, 1.54) is 6.92 Å². The van der Waals surface area contributed by atoms with Crippen LogP contribution in [0.4, 0.5) is 0 Å². The second-order valence-electron chi connectivity index (χ2n) is 5.59. The fourth-order valence-electron chi connectivity index (χ4n) is 2.05. The highest BCUT2D eigenvalue weighted by atomic mass is 17.0. The van der Waals surface area contributed by atoms with Crippen molar-refractivity contribution in [3.63, 3.8) is 0 Å². The van der Waals surface area contributed by atoms with Crippen LogP contribution in [0.25, 0.3) is 0 Å². The number of ether oxygens (including phenoxy) is 1. The summed E-state index contributed by atoms with van der Waals surface area (Å²) in [4.78, 5) is 62.8. The maximum absolute atomic E-state index is 11.7. The van der Waals surface area contributed by atoms with Gasteiger partial charge in [0.1, 0.15) is 19.3 Å². The first-order valence-corrected chi connectivity index (χ1v) is 8.27. The molecule has 0 bridgehead atoms. The fraction of sp³-hybridized carbons (Fsp3) is 0.643. The van der Waals surface area contributed by atoms with Crippen molar-refractivity contribution in [2.45, 2.75) is 45.3 Å². The van der Waals surface area contributed by atoms with Crippen molar-refractivity contribution in [1.82, 2.24) is 5.32 Å². The van der Waals surface area contributed by atoms with Crippen LogP contribution in [0.5, 0.6) is 0 Å². The van der Waals surface area contributed by atoms with Crippen LogP contribution in [0, 0.1) is 27.2 Å². The zero-order chi connectivity index (χ0) is 21.8. The minimum Gasteiger partial charge on any atom is -0.456 e. The van der Waals surface area contributed by atoms with Gasteiger partial charge in [-0.3, -0.25) is 9.59 Å². The monoisotopic (exact) mass is 421 g/mol. The number of nitrogens with one attached hydrogen (secondary N) is 1. The average Bonchev–Trinajstić information content (AvgIpc) is 2.96. The lowest BCUT2D eigenvalue weighted by Crippen LogP contribution is -2.30. The molecule has 0 fully saturated rings. The third kappa shape index (κ3) is 10.3. The standard InChI is InChI=1S/C14H19N3O12/c1-9-11(28-14(20)27-9)8-25-13(19)6-15-12(18)5-3-2-4-10(29-17(23)24)7-26-16(21)22/h10H,2-8H2,1H3,(H,15,18). The molecule has 0 saturated heterocycles. The average molecular weight is 421 g/mol. The van der Waals surface area contributed by atoms with Gasteiger partial charge in [0, 0.05) is 6.42 Å². The van der Waals surface area contributed by atoms with E-state index in [1.807, 2.05) is 0 Å². The molecule has 1 N–H and O–H groups in total. The van der Waals surface area contributed by atoms with Crippen molar-refractivity contribution in [2.75, 3.05) is 13.2 Å². The Morgan fingerprint density at radius 1 is 1.17 bits per heavy atom. The van der Waals surface area contributed by atoms with E-state index in [9.17, 15) is 34.6 Å². The first-order chi connectivity index (χ1) is 13.7. The molecule has 15 nitrogen and oxygen atoms in total. The lowest BCUT2D eigenvalue weighted by molar-refractivity contribution is -0.790. The number of rotatable bonds is 14. The Bertz CT molecular complexity index is 770. The summed E-state index contributed by atoms with van der Waals surface area (Å²) in [5, 5.41) is 20.6. The first kappa shape index (κ1) is 23.4. The second-order valence-corrected chi connectivity index (χ2v) is 5.59. The van der Waals surface area contributed by atoms with Crippen LogP contribution in [0.3, 0.4) is 0 Å². The molecule has 0 radical (unpaired) electrons. The number of hydrogen-bond acceptors (Lipinski definition) is 12. The van der Waals surface area contributed by atoms with Gasteiger partial charge in [0.05, 0.1) is 0 Å². The number of unbranched alkanes of at least 4 members (excludes halogenated alkanes) is 1. The van der Waals surface area contributed by atoms with E-state index in [2.05, 4.69) is 23.8 Å². The quantitative estimate of drug-likeness (QED) is 0.183. The van der Waals surface area contributed by atoms with Gasteiger partial charge >= 0.3 is 11.8 Å². The minimum atomic E-state index is -1.14. The number of carbonyl (C=O) groups is 2. The topological polar surface area (TPSA) is 203 Å². The summed E-state index contributed by atoms with van der Waals surface area (Å²) in [7, 11) is 0. The number of aryl methyl sites for hydroxylation is 1.